The summed E-state index contributed by atoms with van der Waals surface area (Å²) in [6.07, 6.45) is 4.63. The van der Waals surface area contributed by atoms with E-state index in [0.29, 0.717) is 13.2 Å². The number of piperidine rings is 1. The van der Waals surface area contributed by atoms with Crippen LogP contribution in [0.3, 0.4) is 0 Å². The molecule has 1 amide bonds. The highest BCUT2D eigenvalue weighted by molar-refractivity contribution is 6.63. The van der Waals surface area contributed by atoms with Crippen LogP contribution < -0.4 is 0 Å². The van der Waals surface area contributed by atoms with Gasteiger partial charge in [-0.15, -0.1) is 0 Å². The number of hydrogen-bond acceptors (Lipinski definition) is 3. The van der Waals surface area contributed by atoms with E-state index in [1.165, 1.54) is 0 Å². The molecule has 0 aromatic heterocycles. The number of hydrogen-bond donors (Lipinski definition) is 0. The minimum atomic E-state index is -0.386. The molecule has 0 spiro atoms. The van der Waals surface area contributed by atoms with Crippen LogP contribution >= 0.6 is 11.6 Å². The zero-order valence-electron chi connectivity index (χ0n) is 10.3. The van der Waals surface area contributed by atoms with E-state index in [1.54, 1.807) is 4.90 Å². The largest absolute Gasteiger partial charge is 0.449 e. The van der Waals surface area contributed by atoms with Crippen molar-refractivity contribution in [2.24, 2.45) is 0 Å². The molecule has 1 rings (SSSR count). The minimum absolute atomic E-state index is 0.0807. The van der Waals surface area contributed by atoms with E-state index in [4.69, 9.17) is 16.3 Å². The molecule has 98 valence electrons. The van der Waals surface area contributed by atoms with E-state index in [-0.39, 0.29) is 23.8 Å². The Morgan fingerprint density at radius 3 is 2.82 bits per heavy atom. The van der Waals surface area contributed by atoms with Crippen LogP contribution in [0.1, 0.15) is 45.4 Å². The van der Waals surface area contributed by atoms with E-state index in [1.807, 2.05) is 6.92 Å². The molecule has 0 bridgehead atoms. The summed E-state index contributed by atoms with van der Waals surface area (Å²) in [6, 6.07) is -0.0807. The van der Waals surface area contributed by atoms with Gasteiger partial charge in [-0.1, -0.05) is 13.3 Å². The summed E-state index contributed by atoms with van der Waals surface area (Å²) in [5.41, 5.74) is 0. The van der Waals surface area contributed by atoms with Gasteiger partial charge in [-0.05, 0) is 37.3 Å². The molecule has 0 aliphatic carbocycles. The van der Waals surface area contributed by atoms with Crippen LogP contribution in [0.4, 0.5) is 4.79 Å². The summed E-state index contributed by atoms with van der Waals surface area (Å²) in [7, 11) is 0. The Labute approximate surface area is 107 Å². The molecule has 0 N–H and O–H groups in total. The highest BCUT2D eigenvalue weighted by Crippen LogP contribution is 2.21. The standard InChI is InChI=1S/C12H20ClNO3/c1-2-3-8-17-12(16)14-7-5-4-6-10(14)9-11(13)15/h10H,2-9H2,1H3. The van der Waals surface area contributed by atoms with E-state index >= 15 is 0 Å². The molecule has 1 unspecified atom stereocenters. The first-order chi connectivity index (χ1) is 8.15. The van der Waals surface area contributed by atoms with Crippen LogP contribution in [0.25, 0.3) is 0 Å². The molecule has 4 nitrogen and oxygen atoms in total. The maximum absolute atomic E-state index is 11.8. The highest BCUT2D eigenvalue weighted by atomic mass is 35.5. The first kappa shape index (κ1) is 14.3. The normalized spacial score (nSPS) is 20.1. The Morgan fingerprint density at radius 1 is 1.41 bits per heavy atom. The maximum Gasteiger partial charge on any atom is 0.410 e. The van der Waals surface area contributed by atoms with Crippen molar-refractivity contribution in [2.45, 2.75) is 51.5 Å². The summed E-state index contributed by atoms with van der Waals surface area (Å²) in [5.74, 6) is 0. The van der Waals surface area contributed by atoms with Crippen LogP contribution in [-0.2, 0) is 9.53 Å². The average Bonchev–Trinajstić information content (AvgIpc) is 2.29. The van der Waals surface area contributed by atoms with Gasteiger partial charge in [0.1, 0.15) is 0 Å². The summed E-state index contributed by atoms with van der Waals surface area (Å²) >= 11 is 5.39. The van der Waals surface area contributed by atoms with Gasteiger partial charge in [-0.25, -0.2) is 4.79 Å². The number of carbonyl (C=O) groups is 2. The second kappa shape index (κ2) is 7.54. The molecule has 1 aliphatic rings. The van der Waals surface area contributed by atoms with Gasteiger partial charge in [0.05, 0.1) is 6.61 Å². The van der Waals surface area contributed by atoms with E-state index in [0.717, 1.165) is 32.1 Å². The molecule has 17 heavy (non-hydrogen) atoms. The fourth-order valence-electron chi connectivity index (χ4n) is 2.03. The summed E-state index contributed by atoms with van der Waals surface area (Å²) in [5, 5.41) is -0.386. The van der Waals surface area contributed by atoms with Crippen LogP contribution in [0.5, 0.6) is 0 Å². The third-order valence-corrected chi connectivity index (χ3v) is 3.14. The van der Waals surface area contributed by atoms with Crippen molar-refractivity contribution < 1.29 is 14.3 Å². The van der Waals surface area contributed by atoms with Gasteiger partial charge >= 0.3 is 6.09 Å². The molecule has 0 aromatic rings. The molecule has 1 saturated heterocycles. The van der Waals surface area contributed by atoms with Gasteiger partial charge in [-0.3, -0.25) is 4.79 Å². The lowest BCUT2D eigenvalue weighted by molar-refractivity contribution is -0.112. The number of unbranched alkanes of at least 4 members (excludes halogenated alkanes) is 1. The summed E-state index contributed by atoms with van der Waals surface area (Å²) in [6.45, 7) is 3.16. The molecule has 1 aliphatic heterocycles. The summed E-state index contributed by atoms with van der Waals surface area (Å²) < 4.78 is 5.17. The molecular weight excluding hydrogens is 242 g/mol. The maximum atomic E-state index is 11.8. The smallest absolute Gasteiger partial charge is 0.410 e. The summed E-state index contributed by atoms with van der Waals surface area (Å²) in [4.78, 5) is 24.4. The number of carbonyl (C=O) groups excluding carboxylic acids is 2. The fourth-order valence-corrected chi connectivity index (χ4v) is 2.20. The van der Waals surface area contributed by atoms with E-state index in [2.05, 4.69) is 0 Å². The van der Waals surface area contributed by atoms with Crippen LogP contribution in [0, 0.1) is 0 Å². The van der Waals surface area contributed by atoms with Crippen LogP contribution in [-0.4, -0.2) is 35.4 Å². The first-order valence-corrected chi connectivity index (χ1v) is 6.64. The molecule has 0 saturated carbocycles. The monoisotopic (exact) mass is 261 g/mol. The number of amides is 1. The van der Waals surface area contributed by atoms with Gasteiger partial charge in [0.2, 0.25) is 5.24 Å². The van der Waals surface area contributed by atoms with Gasteiger partial charge in [0.25, 0.3) is 0 Å². The van der Waals surface area contributed by atoms with Crippen molar-refractivity contribution in [3.63, 3.8) is 0 Å². The Hall–Kier alpha value is -0.770. The number of likely N-dealkylation sites (tertiary alicyclic amines) is 1. The Balaban J connectivity index is 2.45. The molecule has 5 heteroatoms. The molecule has 1 atom stereocenters. The van der Waals surface area contributed by atoms with Crippen molar-refractivity contribution in [3.8, 4) is 0 Å². The van der Waals surface area contributed by atoms with Crippen molar-refractivity contribution in [3.05, 3.63) is 0 Å². The SMILES string of the molecule is CCCCOC(=O)N1CCCCC1CC(=O)Cl. The van der Waals surface area contributed by atoms with Crippen molar-refractivity contribution >= 4 is 22.9 Å². The van der Waals surface area contributed by atoms with Crippen molar-refractivity contribution in [2.75, 3.05) is 13.2 Å². The first-order valence-electron chi connectivity index (χ1n) is 6.27. The molecule has 0 radical (unpaired) electrons. The Morgan fingerprint density at radius 2 is 2.18 bits per heavy atom. The van der Waals surface area contributed by atoms with Crippen molar-refractivity contribution in [1.29, 1.82) is 0 Å². The van der Waals surface area contributed by atoms with Crippen LogP contribution in [0.15, 0.2) is 0 Å². The lowest BCUT2D eigenvalue weighted by atomic mass is 10.0. The number of rotatable bonds is 5. The zero-order valence-corrected chi connectivity index (χ0v) is 11.0. The van der Waals surface area contributed by atoms with E-state index in [9.17, 15) is 9.59 Å². The van der Waals surface area contributed by atoms with Crippen LogP contribution in [0.2, 0.25) is 0 Å². The lowest BCUT2D eigenvalue weighted by Crippen LogP contribution is -2.44. The highest BCUT2D eigenvalue weighted by Gasteiger charge is 2.28. The third kappa shape index (κ3) is 4.94. The molecular formula is C12H20ClNO3. The Kier molecular flexibility index (Phi) is 6.34. The predicted molar refractivity (Wildman–Crippen MR) is 66.1 cm³/mol. The molecule has 1 heterocycles. The van der Waals surface area contributed by atoms with Crippen molar-refractivity contribution in [1.82, 2.24) is 4.90 Å². The minimum Gasteiger partial charge on any atom is -0.449 e. The number of ether oxygens (including phenoxy) is 1. The topological polar surface area (TPSA) is 46.6 Å². The fraction of sp³-hybridized carbons (Fsp3) is 0.833. The van der Waals surface area contributed by atoms with Gasteiger partial charge in [-0.2, -0.15) is 0 Å². The second-order valence-electron chi connectivity index (χ2n) is 4.37. The lowest BCUT2D eigenvalue weighted by Gasteiger charge is -2.34. The van der Waals surface area contributed by atoms with Gasteiger partial charge in [0, 0.05) is 19.0 Å². The van der Waals surface area contributed by atoms with Gasteiger partial charge < -0.3 is 9.64 Å². The van der Waals surface area contributed by atoms with E-state index < -0.39 is 0 Å². The number of halogens is 1. The average molecular weight is 262 g/mol. The Bertz CT molecular complexity index is 270. The number of nitrogens with zero attached hydrogens (tertiary/aromatic N) is 1. The predicted octanol–water partition coefficient (Wildman–Crippen LogP) is 2.93. The molecule has 0 aromatic carbocycles. The second-order valence-corrected chi connectivity index (χ2v) is 4.79. The quantitative estimate of drug-likeness (QED) is 0.565. The zero-order chi connectivity index (χ0) is 12.7. The van der Waals surface area contributed by atoms with Gasteiger partial charge in [0.15, 0.2) is 0 Å². The molecule has 1 fully saturated rings. The third-order valence-electron chi connectivity index (χ3n) is 2.98.